The number of carboxylic acid groups (broad SMARTS) is 1. The highest BCUT2D eigenvalue weighted by Crippen LogP contribution is 2.60. The molecule has 1 heterocycles. The van der Waals surface area contributed by atoms with Crippen LogP contribution < -0.4 is 0 Å². The Morgan fingerprint density at radius 2 is 1.77 bits per heavy atom. The Balaban J connectivity index is 1.88. The van der Waals surface area contributed by atoms with Crippen molar-refractivity contribution >= 4 is 61.4 Å². The van der Waals surface area contributed by atoms with Crippen molar-refractivity contribution in [1.29, 1.82) is 0 Å². The molecule has 3 aliphatic rings. The molecule has 0 aromatic carbocycles. The lowest BCUT2D eigenvalue weighted by Crippen LogP contribution is -2.46. The van der Waals surface area contributed by atoms with Gasteiger partial charge in [0, 0.05) is 9.65 Å². The molecule has 3 rings (SSSR count). The first-order chi connectivity index (χ1) is 10.4. The summed E-state index contributed by atoms with van der Waals surface area (Å²) in [4.78, 5) is 38.4. The molecule has 0 aromatic rings. The van der Waals surface area contributed by atoms with Crippen LogP contribution >= 0.6 is 43.6 Å². The minimum atomic E-state index is -1.09. The summed E-state index contributed by atoms with van der Waals surface area (Å²) in [6.45, 7) is 0. The number of carbonyl (C=O) groups is 3. The first-order valence-corrected chi connectivity index (χ1v) is 10.5. The number of hydrogen-bond donors (Lipinski definition) is 1. The Morgan fingerprint density at radius 1 is 1.27 bits per heavy atom. The number of carboxylic acids is 1. The molecule has 0 unspecified atom stereocenters. The zero-order valence-electron chi connectivity index (χ0n) is 11.9. The Kier molecular flexibility index (Phi) is 4.64. The van der Waals surface area contributed by atoms with Crippen LogP contribution in [0.2, 0.25) is 0 Å². The fraction of sp³-hybridized carbons (Fsp3) is 0.786. The number of carbonyl (C=O) groups excluding carboxylic acids is 2. The van der Waals surface area contributed by atoms with Crippen LogP contribution in [0.5, 0.6) is 0 Å². The van der Waals surface area contributed by atoms with Crippen molar-refractivity contribution in [3.8, 4) is 0 Å². The number of fused-ring (bicyclic) bond motifs is 5. The van der Waals surface area contributed by atoms with Crippen LogP contribution in [0.4, 0.5) is 0 Å². The molecule has 8 heteroatoms. The molecule has 2 amide bonds. The quantitative estimate of drug-likeness (QED) is 0.507. The topological polar surface area (TPSA) is 74.7 Å². The molecule has 2 saturated carbocycles. The molecule has 122 valence electrons. The van der Waals surface area contributed by atoms with E-state index in [-0.39, 0.29) is 45.1 Å². The molecule has 1 aliphatic heterocycles. The number of imide groups is 1. The number of nitrogens with zero attached hydrogens (tertiary/aromatic N) is 1. The summed E-state index contributed by atoms with van der Waals surface area (Å²) in [5.74, 6) is -1.47. The number of thioether (sulfide) groups is 1. The van der Waals surface area contributed by atoms with Crippen LogP contribution in [-0.4, -0.2) is 55.5 Å². The highest BCUT2D eigenvalue weighted by Gasteiger charge is 2.67. The Hall–Kier alpha value is -0.0800. The first-order valence-electron chi connectivity index (χ1n) is 7.27. The summed E-state index contributed by atoms with van der Waals surface area (Å²) in [6.07, 6.45) is 3.04. The SMILES string of the molecule is CSCC[C@@H](C(=O)O)N1C(=O)[C@@H]2[C@@H]3C[C@@H]([C@H](Br)[C@@H]3Br)[C@@H]2C1=O. The third-order valence-electron chi connectivity index (χ3n) is 5.21. The highest BCUT2D eigenvalue weighted by molar-refractivity contribution is 9.12. The Labute approximate surface area is 149 Å². The zero-order valence-corrected chi connectivity index (χ0v) is 15.9. The van der Waals surface area contributed by atoms with Crippen molar-refractivity contribution in [1.82, 2.24) is 4.90 Å². The largest absolute Gasteiger partial charge is 0.480 e. The molecule has 0 spiro atoms. The van der Waals surface area contributed by atoms with Gasteiger partial charge in [-0.3, -0.25) is 14.5 Å². The van der Waals surface area contributed by atoms with Gasteiger partial charge in [-0.2, -0.15) is 11.8 Å². The zero-order chi connectivity index (χ0) is 16.2. The van der Waals surface area contributed by atoms with Crippen molar-refractivity contribution in [3.63, 3.8) is 0 Å². The molecule has 3 fully saturated rings. The minimum Gasteiger partial charge on any atom is -0.480 e. The second-order valence-electron chi connectivity index (χ2n) is 6.19. The van der Waals surface area contributed by atoms with E-state index in [1.165, 1.54) is 11.8 Å². The maximum absolute atomic E-state index is 12.7. The van der Waals surface area contributed by atoms with Crippen molar-refractivity contribution in [2.24, 2.45) is 23.7 Å². The lowest BCUT2D eigenvalue weighted by atomic mass is 9.81. The Bertz CT molecular complexity index is 499. The molecule has 7 atom stereocenters. The molecular weight excluding hydrogens is 438 g/mol. The second-order valence-corrected chi connectivity index (χ2v) is 9.29. The van der Waals surface area contributed by atoms with E-state index < -0.39 is 12.0 Å². The van der Waals surface area contributed by atoms with Crippen LogP contribution in [0.3, 0.4) is 0 Å². The number of aliphatic carboxylic acids is 1. The molecular formula is C14H17Br2NO4S. The van der Waals surface area contributed by atoms with Crippen LogP contribution in [0, 0.1) is 23.7 Å². The van der Waals surface area contributed by atoms with E-state index in [1.807, 2.05) is 6.26 Å². The van der Waals surface area contributed by atoms with Crippen LogP contribution in [0.15, 0.2) is 0 Å². The maximum Gasteiger partial charge on any atom is 0.326 e. The van der Waals surface area contributed by atoms with Gasteiger partial charge in [-0.25, -0.2) is 4.79 Å². The molecule has 5 nitrogen and oxygen atoms in total. The van der Waals surface area contributed by atoms with E-state index in [4.69, 9.17) is 0 Å². The van der Waals surface area contributed by atoms with Gasteiger partial charge >= 0.3 is 5.97 Å². The molecule has 0 radical (unpaired) electrons. The summed E-state index contributed by atoms with van der Waals surface area (Å²) >= 11 is 8.76. The number of alkyl halides is 2. The first kappa shape index (κ1) is 16.8. The van der Waals surface area contributed by atoms with E-state index in [1.54, 1.807) is 0 Å². The van der Waals surface area contributed by atoms with Gasteiger partial charge in [0.25, 0.3) is 0 Å². The van der Waals surface area contributed by atoms with Gasteiger partial charge in [0.1, 0.15) is 6.04 Å². The van der Waals surface area contributed by atoms with Gasteiger partial charge in [0.15, 0.2) is 0 Å². The van der Waals surface area contributed by atoms with Gasteiger partial charge in [0.05, 0.1) is 11.8 Å². The van der Waals surface area contributed by atoms with Crippen molar-refractivity contribution < 1.29 is 19.5 Å². The van der Waals surface area contributed by atoms with E-state index in [9.17, 15) is 19.5 Å². The maximum atomic E-state index is 12.7. The van der Waals surface area contributed by atoms with E-state index in [2.05, 4.69) is 31.9 Å². The van der Waals surface area contributed by atoms with Crippen LogP contribution in [-0.2, 0) is 14.4 Å². The van der Waals surface area contributed by atoms with Gasteiger partial charge in [-0.05, 0) is 36.7 Å². The van der Waals surface area contributed by atoms with Crippen LogP contribution in [0.25, 0.3) is 0 Å². The molecule has 0 aromatic heterocycles. The molecule has 2 bridgehead atoms. The number of amides is 2. The number of rotatable bonds is 5. The lowest BCUT2D eigenvalue weighted by Gasteiger charge is -2.28. The standard InChI is InChI=1S/C14H17Br2NO4S/c1-22-3-2-7(14(20)21)17-12(18)8-5-4-6(9(8)13(17)19)11(16)10(5)15/h5-11H,2-4H2,1H3,(H,20,21)/t5-,6+,7-,8+,9-,10+,11-/m0/s1. The summed E-state index contributed by atoms with van der Waals surface area (Å²) in [6, 6.07) is -1.03. The number of hydrogen-bond acceptors (Lipinski definition) is 4. The third kappa shape index (κ3) is 2.28. The number of likely N-dealkylation sites (tertiary alicyclic amines) is 1. The fourth-order valence-corrected chi connectivity index (χ4v) is 6.60. The average Bonchev–Trinajstić information content (AvgIpc) is 3.06. The van der Waals surface area contributed by atoms with Gasteiger partial charge in [-0.15, -0.1) is 0 Å². The summed E-state index contributed by atoms with van der Waals surface area (Å²) in [7, 11) is 0. The fourth-order valence-electron chi connectivity index (χ4n) is 4.27. The Morgan fingerprint density at radius 3 is 2.18 bits per heavy atom. The summed E-state index contributed by atoms with van der Waals surface area (Å²) in [5.41, 5.74) is 0. The van der Waals surface area contributed by atoms with E-state index in [0.717, 1.165) is 11.3 Å². The van der Waals surface area contributed by atoms with Gasteiger partial charge in [0.2, 0.25) is 11.8 Å². The summed E-state index contributed by atoms with van der Waals surface area (Å²) in [5, 5.41) is 9.44. The number of halogens is 2. The predicted molar refractivity (Wildman–Crippen MR) is 90.3 cm³/mol. The minimum absolute atomic E-state index is 0.121. The lowest BCUT2D eigenvalue weighted by molar-refractivity contribution is -0.155. The molecule has 1 N–H and O–H groups in total. The van der Waals surface area contributed by atoms with E-state index >= 15 is 0 Å². The molecule has 2 aliphatic carbocycles. The van der Waals surface area contributed by atoms with Crippen molar-refractivity contribution in [3.05, 3.63) is 0 Å². The normalized spacial score (nSPS) is 41.1. The smallest absolute Gasteiger partial charge is 0.326 e. The van der Waals surface area contributed by atoms with Gasteiger partial charge < -0.3 is 5.11 Å². The van der Waals surface area contributed by atoms with E-state index in [0.29, 0.717) is 12.2 Å². The van der Waals surface area contributed by atoms with Gasteiger partial charge in [-0.1, -0.05) is 31.9 Å². The molecule has 1 saturated heterocycles. The second kappa shape index (κ2) is 6.09. The average molecular weight is 455 g/mol. The third-order valence-corrected chi connectivity index (χ3v) is 9.06. The van der Waals surface area contributed by atoms with Crippen molar-refractivity contribution in [2.75, 3.05) is 12.0 Å². The van der Waals surface area contributed by atoms with Crippen LogP contribution in [0.1, 0.15) is 12.8 Å². The predicted octanol–water partition coefficient (Wildman–Crippen LogP) is 1.97. The summed E-state index contributed by atoms with van der Waals surface area (Å²) < 4.78 is 0. The molecule has 22 heavy (non-hydrogen) atoms. The monoisotopic (exact) mass is 453 g/mol. The van der Waals surface area contributed by atoms with Crippen molar-refractivity contribution in [2.45, 2.75) is 28.5 Å². The highest BCUT2D eigenvalue weighted by atomic mass is 79.9.